The zero-order valence-corrected chi connectivity index (χ0v) is 16.8. The van der Waals surface area contributed by atoms with Crippen molar-refractivity contribution in [3.63, 3.8) is 0 Å². The van der Waals surface area contributed by atoms with Crippen molar-refractivity contribution < 1.29 is 19.1 Å². The summed E-state index contributed by atoms with van der Waals surface area (Å²) >= 11 is 0. The van der Waals surface area contributed by atoms with Crippen LogP contribution in [0.3, 0.4) is 0 Å². The van der Waals surface area contributed by atoms with Crippen molar-refractivity contribution in [3.05, 3.63) is 54.1 Å². The minimum atomic E-state index is -0.302. The van der Waals surface area contributed by atoms with Crippen LogP contribution in [0.4, 0.5) is 5.69 Å². The van der Waals surface area contributed by atoms with Gasteiger partial charge in [0.1, 0.15) is 11.5 Å². The number of hydrogen-bond acceptors (Lipinski definition) is 4. The van der Waals surface area contributed by atoms with E-state index in [4.69, 9.17) is 9.47 Å². The van der Waals surface area contributed by atoms with Gasteiger partial charge in [0.25, 0.3) is 0 Å². The summed E-state index contributed by atoms with van der Waals surface area (Å²) in [6, 6.07) is 15.4. The molecule has 2 unspecified atom stereocenters. The first-order chi connectivity index (χ1) is 14.1. The second-order valence-corrected chi connectivity index (χ2v) is 7.57. The number of likely N-dealkylation sites (tertiary alicyclic amines) is 1. The molecule has 2 heterocycles. The highest BCUT2D eigenvalue weighted by atomic mass is 16.5. The summed E-state index contributed by atoms with van der Waals surface area (Å²) in [6.45, 7) is 1.17. The molecule has 152 valence electrons. The minimum absolute atomic E-state index is 0.00582. The summed E-state index contributed by atoms with van der Waals surface area (Å²) in [4.78, 5) is 29.5. The van der Waals surface area contributed by atoms with E-state index in [0.717, 1.165) is 42.1 Å². The van der Waals surface area contributed by atoms with E-state index in [1.54, 1.807) is 19.1 Å². The quantitative estimate of drug-likeness (QED) is 0.780. The third-order valence-electron chi connectivity index (χ3n) is 5.89. The average Bonchev–Trinajstić information content (AvgIpc) is 3.40. The van der Waals surface area contributed by atoms with Crippen LogP contribution in [0.1, 0.15) is 30.9 Å². The molecule has 4 rings (SSSR count). The van der Waals surface area contributed by atoms with Gasteiger partial charge in [0.05, 0.1) is 26.2 Å². The van der Waals surface area contributed by atoms with Crippen LogP contribution in [0.25, 0.3) is 0 Å². The Labute approximate surface area is 171 Å². The fraction of sp³-hybridized carbons (Fsp3) is 0.391. The number of benzene rings is 2. The van der Waals surface area contributed by atoms with Gasteiger partial charge >= 0.3 is 0 Å². The summed E-state index contributed by atoms with van der Waals surface area (Å²) in [5, 5.41) is 0. The highest BCUT2D eigenvalue weighted by Gasteiger charge is 2.40. The third-order valence-corrected chi connectivity index (χ3v) is 5.89. The van der Waals surface area contributed by atoms with Gasteiger partial charge in [-0.1, -0.05) is 12.1 Å². The summed E-state index contributed by atoms with van der Waals surface area (Å²) < 4.78 is 10.4. The Hall–Kier alpha value is -3.02. The molecule has 0 saturated carbocycles. The number of rotatable bonds is 5. The van der Waals surface area contributed by atoms with Crippen molar-refractivity contribution in [1.82, 2.24) is 4.90 Å². The molecule has 2 atom stereocenters. The molecule has 29 heavy (non-hydrogen) atoms. The van der Waals surface area contributed by atoms with E-state index in [-0.39, 0.29) is 30.2 Å². The molecule has 2 saturated heterocycles. The van der Waals surface area contributed by atoms with Crippen molar-refractivity contribution in [2.75, 3.05) is 32.2 Å². The van der Waals surface area contributed by atoms with Crippen molar-refractivity contribution in [1.29, 1.82) is 0 Å². The van der Waals surface area contributed by atoms with Gasteiger partial charge in [0, 0.05) is 25.2 Å². The molecule has 0 aromatic heterocycles. The number of nitrogens with zero attached hydrogens (tertiary/aromatic N) is 2. The van der Waals surface area contributed by atoms with Crippen LogP contribution in [0.5, 0.6) is 11.5 Å². The molecule has 0 bridgehead atoms. The lowest BCUT2D eigenvalue weighted by Gasteiger charge is -2.28. The molecule has 6 nitrogen and oxygen atoms in total. The first-order valence-electron chi connectivity index (χ1n) is 9.99. The second kappa shape index (κ2) is 8.15. The third kappa shape index (κ3) is 3.79. The minimum Gasteiger partial charge on any atom is -0.497 e. The first kappa shape index (κ1) is 19.3. The SMILES string of the molecule is COc1ccc(C2CCCN2C(=O)C2CC(=O)N(c3ccc(OC)cc3)C2)cc1. The second-order valence-electron chi connectivity index (χ2n) is 7.57. The molecule has 2 aromatic carbocycles. The molecular formula is C23H26N2O4. The normalized spacial score (nSPS) is 21.5. The van der Waals surface area contributed by atoms with Crippen LogP contribution in [0, 0.1) is 5.92 Å². The molecule has 6 heteroatoms. The van der Waals surface area contributed by atoms with Gasteiger partial charge in [-0.25, -0.2) is 0 Å². The Morgan fingerprint density at radius 2 is 1.59 bits per heavy atom. The number of carbonyl (C=O) groups is 2. The molecule has 2 amide bonds. The van der Waals surface area contributed by atoms with E-state index in [0.29, 0.717) is 6.54 Å². The fourth-order valence-corrected chi connectivity index (χ4v) is 4.32. The fourth-order valence-electron chi connectivity index (χ4n) is 4.32. The van der Waals surface area contributed by atoms with E-state index < -0.39 is 0 Å². The van der Waals surface area contributed by atoms with Crippen LogP contribution in [-0.4, -0.2) is 44.0 Å². The molecule has 0 spiro atoms. The highest BCUT2D eigenvalue weighted by molar-refractivity contribution is 6.00. The van der Waals surface area contributed by atoms with Crippen molar-refractivity contribution >= 4 is 17.5 Å². The Balaban J connectivity index is 1.47. The van der Waals surface area contributed by atoms with Gasteiger partial charge in [0.15, 0.2) is 0 Å². The summed E-state index contributed by atoms with van der Waals surface area (Å²) in [6.07, 6.45) is 2.18. The van der Waals surface area contributed by atoms with Gasteiger partial charge in [-0.15, -0.1) is 0 Å². The maximum atomic E-state index is 13.3. The molecule has 0 radical (unpaired) electrons. The van der Waals surface area contributed by atoms with E-state index in [1.807, 2.05) is 53.4 Å². The van der Waals surface area contributed by atoms with Gasteiger partial charge < -0.3 is 19.3 Å². The highest BCUT2D eigenvalue weighted by Crippen LogP contribution is 2.36. The smallest absolute Gasteiger partial charge is 0.228 e. The van der Waals surface area contributed by atoms with Crippen molar-refractivity contribution in [2.24, 2.45) is 5.92 Å². The Bertz CT molecular complexity index is 879. The van der Waals surface area contributed by atoms with Gasteiger partial charge in [-0.3, -0.25) is 9.59 Å². The molecular weight excluding hydrogens is 368 g/mol. The van der Waals surface area contributed by atoms with Crippen LogP contribution in [0.15, 0.2) is 48.5 Å². The lowest BCUT2D eigenvalue weighted by atomic mass is 10.0. The number of ether oxygens (including phenoxy) is 2. The van der Waals surface area contributed by atoms with E-state index in [9.17, 15) is 9.59 Å². The molecule has 2 aliphatic heterocycles. The van der Waals surface area contributed by atoms with E-state index in [2.05, 4.69) is 0 Å². The van der Waals surface area contributed by atoms with Gasteiger partial charge in [-0.05, 0) is 54.8 Å². The molecule has 2 fully saturated rings. The number of amides is 2. The van der Waals surface area contributed by atoms with Crippen molar-refractivity contribution in [3.8, 4) is 11.5 Å². The summed E-state index contributed by atoms with van der Waals surface area (Å²) in [5.74, 6) is 1.32. The number of anilines is 1. The predicted octanol–water partition coefficient (Wildman–Crippen LogP) is 3.42. The van der Waals surface area contributed by atoms with E-state index >= 15 is 0 Å². The summed E-state index contributed by atoms with van der Waals surface area (Å²) in [7, 11) is 3.26. The maximum absolute atomic E-state index is 13.3. The number of methoxy groups -OCH3 is 2. The van der Waals surface area contributed by atoms with E-state index in [1.165, 1.54) is 0 Å². The monoisotopic (exact) mass is 394 g/mol. The number of carbonyl (C=O) groups excluding carboxylic acids is 2. The maximum Gasteiger partial charge on any atom is 0.228 e. The largest absolute Gasteiger partial charge is 0.497 e. The molecule has 2 aliphatic rings. The predicted molar refractivity (Wildman–Crippen MR) is 110 cm³/mol. The first-order valence-corrected chi connectivity index (χ1v) is 9.99. The topological polar surface area (TPSA) is 59.1 Å². The Morgan fingerprint density at radius 3 is 2.21 bits per heavy atom. The number of hydrogen-bond donors (Lipinski definition) is 0. The van der Waals surface area contributed by atoms with Crippen LogP contribution in [-0.2, 0) is 9.59 Å². The van der Waals surface area contributed by atoms with Gasteiger partial charge in [-0.2, -0.15) is 0 Å². The van der Waals surface area contributed by atoms with Crippen LogP contribution in [0.2, 0.25) is 0 Å². The average molecular weight is 394 g/mol. The molecule has 0 N–H and O–H groups in total. The molecule has 0 aliphatic carbocycles. The zero-order valence-electron chi connectivity index (χ0n) is 16.8. The Kier molecular flexibility index (Phi) is 5.43. The molecule has 2 aromatic rings. The van der Waals surface area contributed by atoms with Gasteiger partial charge in [0.2, 0.25) is 11.8 Å². The lowest BCUT2D eigenvalue weighted by molar-refractivity contribution is -0.136. The van der Waals surface area contributed by atoms with Crippen molar-refractivity contribution in [2.45, 2.75) is 25.3 Å². The standard InChI is InChI=1S/C23H26N2O4/c1-28-19-9-5-16(6-10-19)21-4-3-13-24(21)23(27)17-14-22(26)25(15-17)18-7-11-20(29-2)12-8-18/h5-12,17,21H,3-4,13-15H2,1-2H3. The van der Waals surface area contributed by atoms with Crippen LogP contribution >= 0.6 is 0 Å². The van der Waals surface area contributed by atoms with Crippen LogP contribution < -0.4 is 14.4 Å². The summed E-state index contributed by atoms with van der Waals surface area (Å²) in [5.41, 5.74) is 1.92. The Morgan fingerprint density at radius 1 is 0.966 bits per heavy atom. The lowest BCUT2D eigenvalue weighted by Crippen LogP contribution is -2.37. The zero-order chi connectivity index (χ0) is 20.4.